The number of hydrogen-bond donors (Lipinski definition) is 1. The summed E-state index contributed by atoms with van der Waals surface area (Å²) in [6, 6.07) is 7.84. The summed E-state index contributed by atoms with van der Waals surface area (Å²) in [4.78, 5) is 25.7. The van der Waals surface area contributed by atoms with Crippen LogP contribution in [-0.4, -0.2) is 42.1 Å². The summed E-state index contributed by atoms with van der Waals surface area (Å²) in [6.45, 7) is 2.02. The van der Waals surface area contributed by atoms with Gasteiger partial charge in [0.2, 0.25) is 5.91 Å². The second kappa shape index (κ2) is 8.18. The number of carbonyl (C=O) groups excluding carboxylic acids is 1. The maximum absolute atomic E-state index is 12.8. The minimum absolute atomic E-state index is 0.0269. The summed E-state index contributed by atoms with van der Waals surface area (Å²) in [5.74, 6) is -0.454. The van der Waals surface area contributed by atoms with Crippen molar-refractivity contribution in [2.45, 2.75) is 45.1 Å². The van der Waals surface area contributed by atoms with Crippen LogP contribution in [0.15, 0.2) is 24.3 Å². The molecule has 0 saturated heterocycles. The fraction of sp³-hybridized carbons (Fsp3) is 0.579. The van der Waals surface area contributed by atoms with Crippen LogP contribution in [0.3, 0.4) is 0 Å². The number of para-hydroxylation sites is 1. The van der Waals surface area contributed by atoms with E-state index in [2.05, 4.69) is 0 Å². The van der Waals surface area contributed by atoms with Crippen molar-refractivity contribution in [3.63, 3.8) is 0 Å². The Labute approximate surface area is 143 Å². The van der Waals surface area contributed by atoms with Crippen LogP contribution < -0.4 is 4.74 Å². The van der Waals surface area contributed by atoms with Gasteiger partial charge in [-0.1, -0.05) is 24.6 Å². The van der Waals surface area contributed by atoms with Crippen molar-refractivity contribution in [3.8, 4) is 5.75 Å². The van der Waals surface area contributed by atoms with Gasteiger partial charge in [0.15, 0.2) is 0 Å². The predicted octanol–water partition coefficient (Wildman–Crippen LogP) is 2.98. The fourth-order valence-electron chi connectivity index (χ4n) is 3.47. The maximum atomic E-state index is 12.8. The molecule has 3 unspecified atom stereocenters. The summed E-state index contributed by atoms with van der Waals surface area (Å²) in [5.41, 5.74) is 1.07. The molecule has 0 radical (unpaired) electrons. The third-order valence-corrected chi connectivity index (χ3v) is 5.09. The fourth-order valence-corrected chi connectivity index (χ4v) is 3.47. The Balaban J connectivity index is 2.00. The molecule has 3 atom stereocenters. The summed E-state index contributed by atoms with van der Waals surface area (Å²) >= 11 is 0. The lowest BCUT2D eigenvalue weighted by Gasteiger charge is -2.32. The van der Waals surface area contributed by atoms with E-state index in [1.165, 1.54) is 0 Å². The molecule has 1 aromatic carbocycles. The minimum atomic E-state index is -0.780. The van der Waals surface area contributed by atoms with Crippen LogP contribution in [-0.2, 0) is 16.0 Å². The first-order chi connectivity index (χ1) is 11.4. The van der Waals surface area contributed by atoms with Crippen LogP contribution in [0.2, 0.25) is 0 Å². The lowest BCUT2D eigenvalue weighted by molar-refractivity contribution is -0.145. The zero-order valence-corrected chi connectivity index (χ0v) is 14.7. The number of carboxylic acids is 1. The molecule has 1 aliphatic carbocycles. The number of nitrogens with zero attached hydrogens (tertiary/aromatic N) is 1. The standard InChI is InChI=1S/C19H27NO4/c1-13(11-14-7-4-5-10-17(14)24-3)20(2)18(21)15-8-6-9-16(12-15)19(22)23/h4-5,7,10,13,15-16H,6,8-9,11-12H2,1-3H3,(H,22,23). The first-order valence-electron chi connectivity index (χ1n) is 8.55. The van der Waals surface area contributed by atoms with Gasteiger partial charge in [0.05, 0.1) is 13.0 Å². The SMILES string of the molecule is COc1ccccc1CC(C)N(C)C(=O)C1CCCC(C(=O)O)C1. The summed E-state index contributed by atoms with van der Waals surface area (Å²) in [6.07, 6.45) is 3.44. The van der Waals surface area contributed by atoms with E-state index in [4.69, 9.17) is 4.74 Å². The van der Waals surface area contributed by atoms with Gasteiger partial charge in [-0.25, -0.2) is 0 Å². The number of methoxy groups -OCH3 is 1. The molecule has 2 rings (SSSR count). The second-order valence-electron chi connectivity index (χ2n) is 6.71. The maximum Gasteiger partial charge on any atom is 0.306 e. The van der Waals surface area contributed by atoms with E-state index < -0.39 is 5.97 Å². The molecule has 1 aromatic rings. The van der Waals surface area contributed by atoms with Crippen LogP contribution >= 0.6 is 0 Å². The third-order valence-electron chi connectivity index (χ3n) is 5.09. The molecule has 1 aliphatic rings. The van der Waals surface area contributed by atoms with Crippen molar-refractivity contribution in [3.05, 3.63) is 29.8 Å². The lowest BCUT2D eigenvalue weighted by Crippen LogP contribution is -2.42. The number of carboxylic acid groups (broad SMARTS) is 1. The Morgan fingerprint density at radius 2 is 1.96 bits per heavy atom. The molecule has 1 amide bonds. The van der Waals surface area contributed by atoms with Gasteiger partial charge in [-0.2, -0.15) is 0 Å². The first-order valence-corrected chi connectivity index (χ1v) is 8.55. The molecule has 1 fully saturated rings. The van der Waals surface area contributed by atoms with E-state index in [-0.39, 0.29) is 23.8 Å². The number of carbonyl (C=O) groups is 2. The molecule has 1 N–H and O–H groups in total. The van der Waals surface area contributed by atoms with Gasteiger partial charge in [0.25, 0.3) is 0 Å². The highest BCUT2D eigenvalue weighted by Crippen LogP contribution is 2.31. The number of likely N-dealkylation sites (N-methyl/N-ethyl adjacent to an activating group) is 1. The van der Waals surface area contributed by atoms with E-state index in [9.17, 15) is 14.7 Å². The highest BCUT2D eigenvalue weighted by atomic mass is 16.5. The summed E-state index contributed by atoms with van der Waals surface area (Å²) in [7, 11) is 3.46. The average molecular weight is 333 g/mol. The Hall–Kier alpha value is -2.04. The lowest BCUT2D eigenvalue weighted by atomic mass is 9.80. The highest BCUT2D eigenvalue weighted by Gasteiger charge is 2.33. The third kappa shape index (κ3) is 4.28. The van der Waals surface area contributed by atoms with E-state index in [0.29, 0.717) is 19.3 Å². The Kier molecular flexibility index (Phi) is 6.23. The quantitative estimate of drug-likeness (QED) is 0.869. The molecule has 0 heterocycles. The van der Waals surface area contributed by atoms with Gasteiger partial charge in [-0.05, 0) is 44.2 Å². The van der Waals surface area contributed by atoms with E-state index in [0.717, 1.165) is 24.2 Å². The zero-order valence-electron chi connectivity index (χ0n) is 14.7. The van der Waals surface area contributed by atoms with Crippen LogP contribution in [0.25, 0.3) is 0 Å². The van der Waals surface area contributed by atoms with Crippen LogP contribution in [0.4, 0.5) is 0 Å². The van der Waals surface area contributed by atoms with Crippen molar-refractivity contribution in [1.82, 2.24) is 4.90 Å². The van der Waals surface area contributed by atoms with Gasteiger partial charge >= 0.3 is 5.97 Å². The molecule has 1 saturated carbocycles. The molecular weight excluding hydrogens is 306 g/mol. The number of amides is 1. The molecule has 5 nitrogen and oxygen atoms in total. The number of hydrogen-bond acceptors (Lipinski definition) is 3. The largest absolute Gasteiger partial charge is 0.496 e. The summed E-state index contributed by atoms with van der Waals surface area (Å²) in [5, 5.41) is 9.20. The predicted molar refractivity (Wildman–Crippen MR) is 92.0 cm³/mol. The number of benzene rings is 1. The smallest absolute Gasteiger partial charge is 0.306 e. The molecule has 5 heteroatoms. The number of aliphatic carboxylic acids is 1. The molecule has 0 aliphatic heterocycles. The van der Waals surface area contributed by atoms with Crippen molar-refractivity contribution in [2.24, 2.45) is 11.8 Å². The van der Waals surface area contributed by atoms with E-state index in [1.54, 1.807) is 12.0 Å². The molecular formula is C19H27NO4. The van der Waals surface area contributed by atoms with Crippen molar-refractivity contribution in [1.29, 1.82) is 0 Å². The van der Waals surface area contributed by atoms with Crippen LogP contribution in [0, 0.1) is 11.8 Å². The molecule has 0 bridgehead atoms. The molecule has 0 aromatic heterocycles. The van der Waals surface area contributed by atoms with Crippen LogP contribution in [0.5, 0.6) is 5.75 Å². The molecule has 132 valence electrons. The van der Waals surface area contributed by atoms with Crippen molar-refractivity contribution < 1.29 is 19.4 Å². The Morgan fingerprint density at radius 3 is 2.62 bits per heavy atom. The van der Waals surface area contributed by atoms with Gasteiger partial charge in [-0.3, -0.25) is 9.59 Å². The zero-order chi connectivity index (χ0) is 17.7. The van der Waals surface area contributed by atoms with Gasteiger partial charge in [0.1, 0.15) is 5.75 Å². The van der Waals surface area contributed by atoms with Gasteiger partial charge in [-0.15, -0.1) is 0 Å². The second-order valence-corrected chi connectivity index (χ2v) is 6.71. The normalized spacial score (nSPS) is 21.8. The van der Waals surface area contributed by atoms with Gasteiger partial charge < -0.3 is 14.7 Å². The molecule has 0 spiro atoms. The number of ether oxygens (including phenoxy) is 1. The highest BCUT2D eigenvalue weighted by molar-refractivity contribution is 5.80. The van der Waals surface area contributed by atoms with Crippen molar-refractivity contribution >= 4 is 11.9 Å². The molecule has 24 heavy (non-hydrogen) atoms. The minimum Gasteiger partial charge on any atom is -0.496 e. The van der Waals surface area contributed by atoms with Crippen molar-refractivity contribution in [2.75, 3.05) is 14.2 Å². The number of rotatable bonds is 6. The van der Waals surface area contributed by atoms with E-state index >= 15 is 0 Å². The van der Waals surface area contributed by atoms with Gasteiger partial charge in [0, 0.05) is 19.0 Å². The van der Waals surface area contributed by atoms with Crippen LogP contribution in [0.1, 0.15) is 38.2 Å². The topological polar surface area (TPSA) is 66.8 Å². The van der Waals surface area contributed by atoms with E-state index in [1.807, 2.05) is 38.2 Å². The Bertz CT molecular complexity index is 586. The first kappa shape index (κ1) is 18.3. The monoisotopic (exact) mass is 333 g/mol. The summed E-state index contributed by atoms with van der Waals surface area (Å²) < 4.78 is 5.37. The average Bonchev–Trinajstić information content (AvgIpc) is 2.60. The Morgan fingerprint density at radius 1 is 1.29 bits per heavy atom.